The number of nitrogens with zero attached hydrogens (tertiary/aromatic N) is 3. The normalized spacial score (nSPS) is 26.7. The molecule has 14 nitrogen and oxygen atoms in total. The van der Waals surface area contributed by atoms with Crippen molar-refractivity contribution in [2.24, 2.45) is 16.7 Å². The van der Waals surface area contributed by atoms with Gasteiger partial charge in [0.2, 0.25) is 10.0 Å². The minimum Gasteiger partial charge on any atom is -0.469 e. The minimum absolute atomic E-state index is 0.0157. The van der Waals surface area contributed by atoms with Crippen LogP contribution >= 0.6 is 0 Å². The van der Waals surface area contributed by atoms with Crippen LogP contribution in [0.15, 0.2) is 34.1 Å². The van der Waals surface area contributed by atoms with Crippen LogP contribution in [-0.4, -0.2) is 72.9 Å². The molecule has 1 aromatic carbocycles. The van der Waals surface area contributed by atoms with E-state index in [9.17, 15) is 32.9 Å². The first-order chi connectivity index (χ1) is 20.0. The summed E-state index contributed by atoms with van der Waals surface area (Å²) in [4.78, 5) is 54.1. The lowest BCUT2D eigenvalue weighted by Crippen LogP contribution is -2.76. The summed E-state index contributed by atoms with van der Waals surface area (Å²) in [5.74, 6) is -0.850. The van der Waals surface area contributed by atoms with Crippen LogP contribution in [-0.2, 0) is 35.7 Å². The molecule has 1 aliphatic heterocycles. The third kappa shape index (κ3) is 5.22. The van der Waals surface area contributed by atoms with Gasteiger partial charge in [-0.2, -0.15) is 4.31 Å². The summed E-state index contributed by atoms with van der Waals surface area (Å²) in [7, 11) is -2.76. The Balaban J connectivity index is 1.41. The van der Waals surface area contributed by atoms with Gasteiger partial charge in [0.25, 0.3) is 10.6 Å². The van der Waals surface area contributed by atoms with Crippen molar-refractivity contribution in [3.63, 3.8) is 0 Å². The highest BCUT2D eigenvalue weighted by molar-refractivity contribution is 7.89. The predicted molar refractivity (Wildman–Crippen MR) is 152 cm³/mol. The van der Waals surface area contributed by atoms with Gasteiger partial charge >= 0.3 is 12.1 Å². The SMILES string of the molecule is COC(=O)C12CC(CO[N+](=O)[O-])(C1)[C@@H]2Cn1cc(C)c2c(S(=O)(=O)N3CCC(NC(=O)OC(C)(C)C)C3)cccc2c1=O. The number of benzene rings is 1. The van der Waals surface area contributed by atoms with Gasteiger partial charge in [0.05, 0.1) is 17.4 Å². The molecule has 6 rings (SSSR count). The molecule has 15 heteroatoms. The number of nitrogens with one attached hydrogen (secondary N) is 1. The first-order valence-electron chi connectivity index (χ1n) is 14.0. The molecule has 0 spiro atoms. The summed E-state index contributed by atoms with van der Waals surface area (Å²) in [6.07, 6.45) is 2.08. The van der Waals surface area contributed by atoms with Gasteiger partial charge in [0.1, 0.15) is 12.2 Å². The van der Waals surface area contributed by atoms with E-state index >= 15 is 0 Å². The number of methoxy groups -OCH3 is 1. The van der Waals surface area contributed by atoms with Crippen molar-refractivity contribution in [1.29, 1.82) is 0 Å². The second-order valence-corrected chi connectivity index (χ2v) is 14.8. The maximum absolute atomic E-state index is 13.8. The predicted octanol–water partition coefficient (Wildman–Crippen LogP) is 2.38. The number of rotatable bonds is 9. The number of aryl methyl sites for hydroxylation is 1. The molecule has 1 aromatic heterocycles. The van der Waals surface area contributed by atoms with Crippen molar-refractivity contribution in [3.8, 4) is 0 Å². The molecule has 2 bridgehead atoms. The third-order valence-electron chi connectivity index (χ3n) is 8.92. The Hall–Kier alpha value is -3.72. The fraction of sp³-hybridized carbons (Fsp3) is 0.607. The van der Waals surface area contributed by atoms with Gasteiger partial charge in [-0.05, 0) is 64.7 Å². The number of aromatic nitrogens is 1. The summed E-state index contributed by atoms with van der Waals surface area (Å²) in [6, 6.07) is 4.09. The first kappa shape index (κ1) is 30.7. The number of sulfonamides is 1. The van der Waals surface area contributed by atoms with Crippen LogP contribution in [0.3, 0.4) is 0 Å². The molecular formula is C28H36N4O10S. The Bertz CT molecular complexity index is 1660. The molecule has 2 heterocycles. The maximum Gasteiger partial charge on any atom is 0.407 e. The number of esters is 1. The van der Waals surface area contributed by atoms with Crippen LogP contribution in [0.25, 0.3) is 10.8 Å². The lowest BCUT2D eigenvalue weighted by atomic mass is 9.29. The number of alkyl carbamates (subject to hydrolysis) is 1. The Morgan fingerprint density at radius 1 is 1.23 bits per heavy atom. The largest absolute Gasteiger partial charge is 0.469 e. The van der Waals surface area contributed by atoms with Crippen LogP contribution < -0.4 is 10.9 Å². The van der Waals surface area contributed by atoms with Gasteiger partial charge in [-0.15, -0.1) is 10.1 Å². The number of ether oxygens (including phenoxy) is 2. The summed E-state index contributed by atoms with van der Waals surface area (Å²) in [5.41, 5.74) is -2.08. The molecule has 4 aliphatic rings. The molecule has 43 heavy (non-hydrogen) atoms. The van der Waals surface area contributed by atoms with E-state index in [2.05, 4.69) is 10.2 Å². The molecule has 3 aliphatic carbocycles. The van der Waals surface area contributed by atoms with Crippen molar-refractivity contribution in [3.05, 3.63) is 50.4 Å². The molecule has 2 atom stereocenters. The molecule has 1 saturated heterocycles. The lowest BCUT2D eigenvalue weighted by molar-refractivity contribution is -0.764. The lowest BCUT2D eigenvalue weighted by Gasteiger charge is -2.74. The first-order valence-corrected chi connectivity index (χ1v) is 15.5. The molecular weight excluding hydrogens is 584 g/mol. The average molecular weight is 621 g/mol. The average Bonchev–Trinajstić information content (AvgIpc) is 3.36. The van der Waals surface area contributed by atoms with Crippen molar-refractivity contribution < 1.29 is 37.4 Å². The molecule has 1 N–H and O–H groups in total. The van der Waals surface area contributed by atoms with E-state index in [-0.39, 0.29) is 36.5 Å². The Kier molecular flexibility index (Phi) is 7.48. The third-order valence-corrected chi connectivity index (χ3v) is 10.8. The molecule has 3 saturated carbocycles. The summed E-state index contributed by atoms with van der Waals surface area (Å²) in [5, 5.41) is 13.2. The second kappa shape index (κ2) is 10.5. The van der Waals surface area contributed by atoms with Gasteiger partial charge in [0, 0.05) is 54.0 Å². The van der Waals surface area contributed by atoms with Crippen molar-refractivity contribution in [2.45, 2.75) is 70.0 Å². The summed E-state index contributed by atoms with van der Waals surface area (Å²) >= 11 is 0. The van der Waals surface area contributed by atoms with Gasteiger partial charge in [-0.3, -0.25) is 9.59 Å². The molecule has 0 radical (unpaired) electrons. The second-order valence-electron chi connectivity index (χ2n) is 12.9. The Morgan fingerprint density at radius 3 is 2.56 bits per heavy atom. The smallest absolute Gasteiger partial charge is 0.407 e. The van der Waals surface area contributed by atoms with Gasteiger partial charge < -0.3 is 24.2 Å². The van der Waals surface area contributed by atoms with Crippen LogP contribution in [0.1, 0.15) is 45.6 Å². The number of hydrogen-bond acceptors (Lipinski definition) is 10. The van der Waals surface area contributed by atoms with Gasteiger partial charge in [-0.1, -0.05) is 6.07 Å². The fourth-order valence-corrected chi connectivity index (χ4v) is 8.90. The van der Waals surface area contributed by atoms with Crippen molar-refractivity contribution >= 4 is 32.9 Å². The number of carbonyl (C=O) groups excluding carboxylic acids is 2. The highest BCUT2D eigenvalue weighted by Crippen LogP contribution is 2.78. The van der Waals surface area contributed by atoms with Crippen molar-refractivity contribution in [2.75, 3.05) is 26.8 Å². The quantitative estimate of drug-likeness (QED) is 0.249. The van der Waals surface area contributed by atoms with E-state index in [4.69, 9.17) is 9.47 Å². The standard InChI is InChI=1S/C28H36N4O10S/c1-17-11-30(13-21-27(16-41-32(36)37)14-28(21,15-27)24(34)40-5)23(33)19-7-6-8-20(22(17)19)43(38,39)31-10-9-18(12-31)29-25(35)42-26(2,3)4/h6-8,11,18,21H,9-10,12-16H2,1-5H3,(H,29,35)/t18?,21-,27?,28?/m0/s1. The molecule has 2 aromatic rings. The van der Waals surface area contributed by atoms with Gasteiger partial charge in [0.15, 0.2) is 0 Å². The number of fused-ring (bicyclic) bond motifs is 1. The van der Waals surface area contributed by atoms with Gasteiger partial charge in [-0.25, -0.2) is 13.2 Å². The molecule has 1 unspecified atom stereocenters. The molecule has 4 fully saturated rings. The van der Waals surface area contributed by atoms with Crippen LogP contribution in [0.5, 0.6) is 0 Å². The van der Waals surface area contributed by atoms with E-state index in [1.807, 2.05) is 0 Å². The van der Waals surface area contributed by atoms with Crippen LogP contribution in [0, 0.1) is 33.8 Å². The topological polar surface area (TPSA) is 176 Å². The van der Waals surface area contributed by atoms with E-state index < -0.39 is 61.1 Å². The minimum atomic E-state index is -4.04. The zero-order valence-electron chi connectivity index (χ0n) is 24.7. The number of hydrogen-bond donors (Lipinski definition) is 1. The number of amides is 1. The zero-order chi connectivity index (χ0) is 31.5. The number of carbonyl (C=O) groups is 2. The van der Waals surface area contributed by atoms with E-state index in [0.29, 0.717) is 30.2 Å². The fourth-order valence-electron chi connectivity index (χ4n) is 7.12. The number of pyridine rings is 1. The molecule has 1 amide bonds. The van der Waals surface area contributed by atoms with Crippen LogP contribution in [0.2, 0.25) is 0 Å². The molecule has 234 valence electrons. The Morgan fingerprint density at radius 2 is 1.93 bits per heavy atom. The summed E-state index contributed by atoms with van der Waals surface area (Å²) < 4.78 is 40.6. The van der Waals surface area contributed by atoms with E-state index in [1.165, 1.54) is 28.1 Å². The van der Waals surface area contributed by atoms with Crippen molar-refractivity contribution in [1.82, 2.24) is 14.2 Å². The highest BCUT2D eigenvalue weighted by atomic mass is 32.2. The highest BCUT2D eigenvalue weighted by Gasteiger charge is 2.79. The van der Waals surface area contributed by atoms with E-state index in [0.717, 1.165) is 0 Å². The van der Waals surface area contributed by atoms with E-state index in [1.54, 1.807) is 40.0 Å². The zero-order valence-corrected chi connectivity index (χ0v) is 25.6. The maximum atomic E-state index is 13.8. The van der Waals surface area contributed by atoms with Crippen LogP contribution in [0.4, 0.5) is 4.79 Å². The summed E-state index contributed by atoms with van der Waals surface area (Å²) in [6.45, 7) is 7.06. The Labute approximate surface area is 248 Å². The monoisotopic (exact) mass is 620 g/mol.